The van der Waals surface area contributed by atoms with Gasteiger partial charge in [0, 0.05) is 29.5 Å². The number of hydrogen-bond donors (Lipinski definition) is 1. The summed E-state index contributed by atoms with van der Waals surface area (Å²) in [5, 5.41) is 10.4. The Bertz CT molecular complexity index is 700. The van der Waals surface area contributed by atoms with E-state index in [2.05, 4.69) is 30.2 Å². The van der Waals surface area contributed by atoms with Gasteiger partial charge >= 0.3 is 0 Å². The third kappa shape index (κ3) is 1.54. The molecule has 1 aromatic rings. The first-order valence-corrected chi connectivity index (χ1v) is 8.69. The number of ether oxygens (including phenoxy) is 2. The number of piperidine rings is 1. The van der Waals surface area contributed by atoms with E-state index in [-0.39, 0.29) is 23.4 Å². The Kier molecular flexibility index (Phi) is 2.73. The number of aromatic hydroxyl groups is 1. The molecular formula is C19H23NO3. The van der Waals surface area contributed by atoms with Gasteiger partial charge in [0.05, 0.1) is 0 Å². The first-order valence-electron chi connectivity index (χ1n) is 8.69. The first-order chi connectivity index (χ1) is 11.2. The van der Waals surface area contributed by atoms with Gasteiger partial charge in [-0.25, -0.2) is 0 Å². The molecule has 4 heteroatoms. The number of rotatable bonds is 2. The van der Waals surface area contributed by atoms with Gasteiger partial charge in [0.15, 0.2) is 11.5 Å². The molecule has 5 unspecified atom stereocenters. The lowest BCUT2D eigenvalue weighted by atomic mass is 9.53. The number of likely N-dealkylation sites (N-methyl/N-ethyl adjacent to an activating group) is 1. The van der Waals surface area contributed by atoms with Crippen LogP contribution in [0.2, 0.25) is 0 Å². The highest BCUT2D eigenvalue weighted by Crippen LogP contribution is 2.62. The second-order valence-electron chi connectivity index (χ2n) is 7.36. The highest BCUT2D eigenvalue weighted by molar-refractivity contribution is 5.61. The van der Waals surface area contributed by atoms with E-state index in [4.69, 9.17) is 9.47 Å². The molecule has 4 aliphatic rings. The Hall–Kier alpha value is -1.52. The normalized spacial score (nSPS) is 39.9. The molecule has 122 valence electrons. The van der Waals surface area contributed by atoms with E-state index in [1.807, 2.05) is 6.92 Å². The van der Waals surface area contributed by atoms with Crippen LogP contribution in [-0.2, 0) is 16.6 Å². The van der Waals surface area contributed by atoms with E-state index in [0.29, 0.717) is 24.3 Å². The molecular weight excluding hydrogens is 290 g/mol. The van der Waals surface area contributed by atoms with Crippen LogP contribution in [0.15, 0.2) is 24.3 Å². The van der Waals surface area contributed by atoms with Crippen molar-refractivity contribution in [2.45, 2.75) is 43.4 Å². The summed E-state index contributed by atoms with van der Waals surface area (Å²) in [6, 6.07) is 4.40. The fraction of sp³-hybridized carbons (Fsp3) is 0.579. The Morgan fingerprint density at radius 2 is 2.26 bits per heavy atom. The van der Waals surface area contributed by atoms with Crippen LogP contribution < -0.4 is 4.74 Å². The number of benzene rings is 1. The summed E-state index contributed by atoms with van der Waals surface area (Å²) in [6.45, 7) is 3.78. The molecule has 2 bridgehead atoms. The molecule has 0 saturated carbocycles. The van der Waals surface area contributed by atoms with Crippen molar-refractivity contribution >= 4 is 0 Å². The van der Waals surface area contributed by atoms with Crippen molar-refractivity contribution in [2.75, 3.05) is 20.2 Å². The van der Waals surface area contributed by atoms with E-state index in [9.17, 15) is 5.11 Å². The van der Waals surface area contributed by atoms with Gasteiger partial charge in [0.2, 0.25) is 0 Å². The monoisotopic (exact) mass is 313 g/mol. The number of phenols is 1. The van der Waals surface area contributed by atoms with Gasteiger partial charge < -0.3 is 19.5 Å². The first kappa shape index (κ1) is 13.9. The van der Waals surface area contributed by atoms with Crippen LogP contribution >= 0.6 is 0 Å². The average molecular weight is 313 g/mol. The smallest absolute Gasteiger partial charge is 0.165 e. The molecule has 0 aromatic heterocycles. The fourth-order valence-electron chi connectivity index (χ4n) is 5.56. The van der Waals surface area contributed by atoms with Gasteiger partial charge in [0.25, 0.3) is 0 Å². The van der Waals surface area contributed by atoms with Crippen LogP contribution in [-0.4, -0.2) is 48.5 Å². The SMILES string of the molecule is CCOC1C=CC2C3Cc4ccc(O)c5c4C2(CCN3C)C1O5. The summed E-state index contributed by atoms with van der Waals surface area (Å²) in [5.74, 6) is 1.44. The second kappa shape index (κ2) is 4.52. The van der Waals surface area contributed by atoms with Gasteiger partial charge in [0.1, 0.15) is 12.2 Å². The molecule has 5 rings (SSSR count). The predicted octanol–water partition coefficient (Wildman–Crippen LogP) is 2.24. The standard InChI is InChI=1S/C19H23NO3/c1-3-22-15-7-5-12-13-10-11-4-6-14(21)17-16(11)19(12,18(15)23-17)8-9-20(13)2/h4-7,12-13,15,18,21H,3,8-10H2,1-2H3. The molecule has 2 heterocycles. The van der Waals surface area contributed by atoms with Gasteiger partial charge in [-0.05, 0) is 45.0 Å². The predicted molar refractivity (Wildman–Crippen MR) is 87.0 cm³/mol. The molecule has 1 aromatic carbocycles. The van der Waals surface area contributed by atoms with E-state index in [1.54, 1.807) is 6.07 Å². The molecule has 2 aliphatic carbocycles. The van der Waals surface area contributed by atoms with Crippen LogP contribution in [0.25, 0.3) is 0 Å². The van der Waals surface area contributed by atoms with Crippen LogP contribution in [0, 0.1) is 5.92 Å². The quantitative estimate of drug-likeness (QED) is 0.850. The minimum Gasteiger partial charge on any atom is -0.504 e. The van der Waals surface area contributed by atoms with Crippen molar-refractivity contribution < 1.29 is 14.6 Å². The summed E-state index contributed by atoms with van der Waals surface area (Å²) in [4.78, 5) is 2.49. The molecule has 1 N–H and O–H groups in total. The van der Waals surface area contributed by atoms with Crippen molar-refractivity contribution in [3.63, 3.8) is 0 Å². The van der Waals surface area contributed by atoms with Crippen LogP contribution in [0.3, 0.4) is 0 Å². The average Bonchev–Trinajstić information content (AvgIpc) is 2.90. The van der Waals surface area contributed by atoms with Gasteiger partial charge in [-0.3, -0.25) is 0 Å². The molecule has 2 aliphatic heterocycles. The van der Waals surface area contributed by atoms with Crippen LogP contribution in [0.4, 0.5) is 0 Å². The second-order valence-corrected chi connectivity index (χ2v) is 7.36. The molecule has 1 spiro atoms. The number of phenolic OH excluding ortho intramolecular Hbond substituents is 1. The van der Waals surface area contributed by atoms with E-state index in [1.165, 1.54) is 11.1 Å². The maximum Gasteiger partial charge on any atom is 0.165 e. The summed E-state index contributed by atoms with van der Waals surface area (Å²) in [5.41, 5.74) is 2.58. The molecule has 5 atom stereocenters. The minimum absolute atomic E-state index is 0.0176. The largest absolute Gasteiger partial charge is 0.504 e. The van der Waals surface area contributed by atoms with E-state index < -0.39 is 0 Å². The van der Waals surface area contributed by atoms with Crippen molar-refractivity contribution in [1.82, 2.24) is 4.90 Å². The topological polar surface area (TPSA) is 41.9 Å². The Morgan fingerprint density at radius 1 is 1.39 bits per heavy atom. The zero-order valence-corrected chi connectivity index (χ0v) is 13.7. The molecule has 1 fully saturated rings. The number of likely N-dealkylation sites (tertiary alicyclic amines) is 1. The molecule has 0 amide bonds. The van der Waals surface area contributed by atoms with E-state index >= 15 is 0 Å². The summed E-state index contributed by atoms with van der Waals surface area (Å²) < 4.78 is 12.4. The van der Waals surface area contributed by atoms with Crippen LogP contribution in [0.5, 0.6) is 11.5 Å². The third-order valence-electron chi connectivity index (χ3n) is 6.49. The lowest BCUT2D eigenvalue weighted by Crippen LogP contribution is -2.65. The molecule has 4 nitrogen and oxygen atoms in total. The maximum absolute atomic E-state index is 10.4. The fourth-order valence-corrected chi connectivity index (χ4v) is 5.56. The molecule has 1 saturated heterocycles. The highest BCUT2D eigenvalue weighted by atomic mass is 16.5. The summed E-state index contributed by atoms with van der Waals surface area (Å²) >= 11 is 0. The van der Waals surface area contributed by atoms with Crippen molar-refractivity contribution in [3.05, 3.63) is 35.4 Å². The zero-order chi connectivity index (χ0) is 15.8. The molecule has 23 heavy (non-hydrogen) atoms. The third-order valence-corrected chi connectivity index (χ3v) is 6.49. The van der Waals surface area contributed by atoms with Crippen molar-refractivity contribution in [2.24, 2.45) is 5.92 Å². The van der Waals surface area contributed by atoms with Crippen molar-refractivity contribution in [1.29, 1.82) is 0 Å². The van der Waals surface area contributed by atoms with Gasteiger partial charge in [-0.15, -0.1) is 0 Å². The molecule has 0 radical (unpaired) electrons. The Morgan fingerprint density at radius 3 is 3.09 bits per heavy atom. The van der Waals surface area contributed by atoms with E-state index in [0.717, 1.165) is 19.4 Å². The lowest BCUT2D eigenvalue weighted by Gasteiger charge is -2.56. The Balaban J connectivity index is 1.76. The highest BCUT2D eigenvalue weighted by Gasteiger charge is 2.64. The van der Waals surface area contributed by atoms with Crippen molar-refractivity contribution in [3.8, 4) is 11.5 Å². The number of hydrogen-bond acceptors (Lipinski definition) is 4. The maximum atomic E-state index is 10.4. The zero-order valence-electron chi connectivity index (χ0n) is 13.7. The number of nitrogens with zero attached hydrogens (tertiary/aromatic N) is 1. The van der Waals surface area contributed by atoms with Crippen LogP contribution in [0.1, 0.15) is 24.5 Å². The van der Waals surface area contributed by atoms with Gasteiger partial charge in [-0.1, -0.05) is 18.2 Å². The lowest BCUT2D eigenvalue weighted by molar-refractivity contribution is -0.0681. The van der Waals surface area contributed by atoms with Gasteiger partial charge in [-0.2, -0.15) is 0 Å². The summed E-state index contributed by atoms with van der Waals surface area (Å²) in [6.07, 6.45) is 6.60. The Labute approximate surface area is 136 Å². The summed E-state index contributed by atoms with van der Waals surface area (Å²) in [7, 11) is 2.23. The minimum atomic E-state index is -0.0343.